The molecule has 1 N–H and O–H groups in total. The molecule has 3 heterocycles. The molecular formula is C21H29N3O2S. The van der Waals surface area contributed by atoms with Crippen LogP contribution in [0.5, 0.6) is 0 Å². The first-order chi connectivity index (χ1) is 13.2. The highest BCUT2D eigenvalue weighted by Crippen LogP contribution is 2.17. The van der Waals surface area contributed by atoms with E-state index in [1.54, 1.807) is 24.2 Å². The minimum atomic E-state index is -0.0701. The minimum absolute atomic E-state index is 0.0701. The van der Waals surface area contributed by atoms with Crippen LogP contribution in [0.3, 0.4) is 0 Å². The number of pyridine rings is 1. The van der Waals surface area contributed by atoms with Crippen LogP contribution in [-0.4, -0.2) is 47.2 Å². The highest BCUT2D eigenvalue weighted by Gasteiger charge is 2.12. The van der Waals surface area contributed by atoms with Crippen molar-refractivity contribution < 1.29 is 9.21 Å². The van der Waals surface area contributed by atoms with Crippen molar-refractivity contribution in [3.8, 4) is 0 Å². The van der Waals surface area contributed by atoms with E-state index >= 15 is 0 Å². The third-order valence-corrected chi connectivity index (χ3v) is 5.81. The van der Waals surface area contributed by atoms with Gasteiger partial charge in [0.25, 0.3) is 5.91 Å². The molecule has 6 heteroatoms. The maximum atomic E-state index is 12.4. The number of aromatic nitrogens is 1. The van der Waals surface area contributed by atoms with Gasteiger partial charge in [0.05, 0.1) is 16.9 Å². The molecule has 1 saturated heterocycles. The van der Waals surface area contributed by atoms with Crippen LogP contribution in [0.2, 0.25) is 0 Å². The van der Waals surface area contributed by atoms with Crippen LogP contribution >= 0.6 is 11.8 Å². The normalized spacial score (nSPS) is 16.2. The number of hydrogen-bond acceptors (Lipinski definition) is 5. The molecule has 1 aliphatic rings. The van der Waals surface area contributed by atoms with Gasteiger partial charge in [0.1, 0.15) is 5.76 Å². The number of nitrogens with one attached hydrogen (secondary N) is 1. The van der Waals surface area contributed by atoms with Crippen molar-refractivity contribution in [1.82, 2.24) is 15.2 Å². The van der Waals surface area contributed by atoms with Crippen molar-refractivity contribution in [2.45, 2.75) is 50.1 Å². The molecule has 2 aromatic rings. The van der Waals surface area contributed by atoms with E-state index in [9.17, 15) is 4.79 Å². The van der Waals surface area contributed by atoms with Gasteiger partial charge in [-0.15, -0.1) is 11.8 Å². The molecule has 2 aromatic heterocycles. The van der Waals surface area contributed by atoms with Crippen molar-refractivity contribution in [2.75, 3.05) is 25.4 Å². The van der Waals surface area contributed by atoms with Crippen LogP contribution in [0, 0.1) is 0 Å². The first kappa shape index (κ1) is 20.0. The standard InChI is InChI=1S/C21H29N3O2S/c1-17(7-9-19-6-5-14-26-19)23-21(25)18-8-10-20(22-16-18)27-15-13-24-11-3-2-4-12-24/h5-6,8,10,14,16-17H,2-4,7,9,11-13,15H2,1H3,(H,23,25). The number of piperidine rings is 1. The molecule has 0 bridgehead atoms. The zero-order valence-electron chi connectivity index (χ0n) is 16.0. The smallest absolute Gasteiger partial charge is 0.253 e. The molecule has 1 fully saturated rings. The van der Waals surface area contributed by atoms with E-state index in [0.29, 0.717) is 5.56 Å². The van der Waals surface area contributed by atoms with Crippen molar-refractivity contribution in [2.24, 2.45) is 0 Å². The van der Waals surface area contributed by atoms with Crippen LogP contribution in [0.25, 0.3) is 0 Å². The van der Waals surface area contributed by atoms with Gasteiger partial charge in [0, 0.05) is 31.0 Å². The number of carbonyl (C=O) groups is 1. The largest absolute Gasteiger partial charge is 0.469 e. The Morgan fingerprint density at radius 3 is 2.85 bits per heavy atom. The molecule has 1 amide bonds. The van der Waals surface area contributed by atoms with Crippen LogP contribution in [0.15, 0.2) is 46.2 Å². The van der Waals surface area contributed by atoms with Crippen molar-refractivity contribution in [1.29, 1.82) is 0 Å². The maximum absolute atomic E-state index is 12.4. The number of thioether (sulfide) groups is 1. The maximum Gasteiger partial charge on any atom is 0.253 e. The summed E-state index contributed by atoms with van der Waals surface area (Å²) in [5.41, 5.74) is 0.611. The Labute approximate surface area is 165 Å². The van der Waals surface area contributed by atoms with Gasteiger partial charge in [0.2, 0.25) is 0 Å². The summed E-state index contributed by atoms with van der Waals surface area (Å²) in [4.78, 5) is 19.3. The second-order valence-electron chi connectivity index (χ2n) is 7.13. The molecular weight excluding hydrogens is 358 g/mol. The Kier molecular flexibility index (Phi) is 7.78. The number of furan rings is 1. The molecule has 3 rings (SSSR count). The molecule has 27 heavy (non-hydrogen) atoms. The molecule has 0 radical (unpaired) electrons. The van der Waals surface area contributed by atoms with Gasteiger partial charge in [-0.25, -0.2) is 4.98 Å². The van der Waals surface area contributed by atoms with Crippen molar-refractivity contribution in [3.05, 3.63) is 48.0 Å². The molecule has 0 aliphatic carbocycles. The second-order valence-corrected chi connectivity index (χ2v) is 8.24. The number of nitrogens with zero attached hydrogens (tertiary/aromatic N) is 2. The van der Waals surface area contributed by atoms with Crippen molar-refractivity contribution in [3.63, 3.8) is 0 Å². The zero-order chi connectivity index (χ0) is 18.9. The van der Waals surface area contributed by atoms with E-state index in [4.69, 9.17) is 4.42 Å². The lowest BCUT2D eigenvalue weighted by Crippen LogP contribution is -2.33. The van der Waals surface area contributed by atoms with E-state index in [1.807, 2.05) is 31.2 Å². The summed E-state index contributed by atoms with van der Waals surface area (Å²) >= 11 is 1.76. The quantitative estimate of drug-likeness (QED) is 0.659. The summed E-state index contributed by atoms with van der Waals surface area (Å²) in [6.07, 6.45) is 9.04. The molecule has 1 atom stereocenters. The van der Waals surface area contributed by atoms with E-state index in [1.165, 1.54) is 32.4 Å². The van der Waals surface area contributed by atoms with Crippen LogP contribution in [0.4, 0.5) is 0 Å². The predicted octanol–water partition coefficient (Wildman–Crippen LogP) is 4.00. The average Bonchev–Trinajstić information content (AvgIpc) is 3.21. The fourth-order valence-corrected chi connectivity index (χ4v) is 4.11. The fourth-order valence-electron chi connectivity index (χ4n) is 3.26. The fraction of sp³-hybridized carbons (Fsp3) is 0.524. The number of amides is 1. The summed E-state index contributed by atoms with van der Waals surface area (Å²) in [6, 6.07) is 7.74. The highest BCUT2D eigenvalue weighted by atomic mass is 32.2. The monoisotopic (exact) mass is 387 g/mol. The van der Waals surface area contributed by atoms with Gasteiger partial charge in [-0.3, -0.25) is 4.79 Å². The summed E-state index contributed by atoms with van der Waals surface area (Å²) in [7, 11) is 0. The molecule has 0 aromatic carbocycles. The zero-order valence-corrected chi connectivity index (χ0v) is 16.8. The first-order valence-corrected chi connectivity index (χ1v) is 10.8. The van der Waals surface area contributed by atoms with Crippen LogP contribution in [0.1, 0.15) is 48.7 Å². The number of rotatable bonds is 9. The van der Waals surface area contributed by atoms with Crippen molar-refractivity contribution >= 4 is 17.7 Å². The van der Waals surface area contributed by atoms with Gasteiger partial charge in [-0.05, 0) is 63.5 Å². The SMILES string of the molecule is CC(CCc1ccco1)NC(=O)c1ccc(SCCN2CCCCC2)nc1. The second kappa shape index (κ2) is 10.5. The number of likely N-dealkylation sites (tertiary alicyclic amines) is 1. The number of hydrogen-bond donors (Lipinski definition) is 1. The third kappa shape index (κ3) is 6.70. The lowest BCUT2D eigenvalue weighted by Gasteiger charge is -2.25. The van der Waals surface area contributed by atoms with Gasteiger partial charge in [0.15, 0.2) is 0 Å². The van der Waals surface area contributed by atoms with E-state index in [-0.39, 0.29) is 11.9 Å². The van der Waals surface area contributed by atoms with Gasteiger partial charge >= 0.3 is 0 Å². The molecule has 0 spiro atoms. The Balaban J connectivity index is 1.38. The van der Waals surface area contributed by atoms with Gasteiger partial charge < -0.3 is 14.6 Å². The van der Waals surface area contributed by atoms with Crippen LogP contribution in [-0.2, 0) is 6.42 Å². The van der Waals surface area contributed by atoms with Gasteiger partial charge in [-0.1, -0.05) is 6.42 Å². The third-order valence-electron chi connectivity index (χ3n) is 4.89. The highest BCUT2D eigenvalue weighted by molar-refractivity contribution is 7.99. The van der Waals surface area contributed by atoms with E-state index in [2.05, 4.69) is 15.2 Å². The van der Waals surface area contributed by atoms with Gasteiger partial charge in [-0.2, -0.15) is 0 Å². The lowest BCUT2D eigenvalue weighted by molar-refractivity contribution is 0.0937. The lowest BCUT2D eigenvalue weighted by atomic mass is 10.1. The average molecular weight is 388 g/mol. The first-order valence-electron chi connectivity index (χ1n) is 9.85. The number of aryl methyl sites for hydroxylation is 1. The van der Waals surface area contributed by atoms with Crippen LogP contribution < -0.4 is 5.32 Å². The molecule has 1 unspecified atom stereocenters. The Hall–Kier alpha value is -1.79. The Morgan fingerprint density at radius 1 is 1.30 bits per heavy atom. The minimum Gasteiger partial charge on any atom is -0.469 e. The molecule has 0 saturated carbocycles. The van der Waals surface area contributed by atoms with E-state index in [0.717, 1.165) is 35.9 Å². The predicted molar refractivity (Wildman–Crippen MR) is 109 cm³/mol. The molecule has 146 valence electrons. The Bertz CT molecular complexity index is 682. The summed E-state index contributed by atoms with van der Waals surface area (Å²) in [5, 5.41) is 4.01. The topological polar surface area (TPSA) is 58.4 Å². The molecule has 1 aliphatic heterocycles. The summed E-state index contributed by atoms with van der Waals surface area (Å²) in [5.74, 6) is 1.92. The Morgan fingerprint density at radius 2 is 2.15 bits per heavy atom. The summed E-state index contributed by atoms with van der Waals surface area (Å²) < 4.78 is 5.33. The molecule has 5 nitrogen and oxygen atoms in total. The summed E-state index contributed by atoms with van der Waals surface area (Å²) in [6.45, 7) is 5.58. The van der Waals surface area contributed by atoms with E-state index < -0.39 is 0 Å². The number of carbonyl (C=O) groups excluding carboxylic acids is 1.